The maximum absolute atomic E-state index is 14.1. The van der Waals surface area contributed by atoms with Crippen molar-refractivity contribution in [1.29, 1.82) is 0 Å². The van der Waals surface area contributed by atoms with Gasteiger partial charge in [-0.25, -0.2) is 14.4 Å². The SMILES string of the molecule is CC(C)(C)OC(=O)N[C@H]1CCCCC/C=C/C2C[C@]2(C(=O)O)NC(=O)[C@@H]2CN(C(=O)OCc3ccc(-c4ccccc4)cc3)CCN2C1=O. The van der Waals surface area contributed by atoms with Crippen LogP contribution in [0.4, 0.5) is 9.59 Å². The van der Waals surface area contributed by atoms with Gasteiger partial charge in [-0.3, -0.25) is 9.59 Å². The van der Waals surface area contributed by atoms with Crippen LogP contribution in [0, 0.1) is 5.92 Å². The summed E-state index contributed by atoms with van der Waals surface area (Å²) < 4.78 is 11.0. The van der Waals surface area contributed by atoms with Crippen molar-refractivity contribution >= 4 is 30.0 Å². The van der Waals surface area contributed by atoms with Gasteiger partial charge in [0.15, 0.2) is 0 Å². The standard InChI is InChI=1S/C37H46N4O8/c1-36(2,3)49-34(46)38-29-15-11-6-4-5-10-14-28-22-37(28,33(44)45)39-31(42)30-23-40(20-21-41(30)32(29)43)35(47)48-24-25-16-18-27(19-17-25)26-12-8-7-9-13-26/h7-10,12-14,16-19,28-30H,4-6,11,15,20-24H2,1-3H3,(H,38,46)(H,39,42)(H,44,45)/b14-10+/t28?,29-,30-,37-/m0/s1. The molecule has 12 heteroatoms. The van der Waals surface area contributed by atoms with Gasteiger partial charge in [0.25, 0.3) is 0 Å². The lowest BCUT2D eigenvalue weighted by molar-refractivity contribution is -0.148. The van der Waals surface area contributed by atoms with E-state index in [-0.39, 0.29) is 38.6 Å². The Labute approximate surface area is 286 Å². The molecule has 2 fully saturated rings. The molecule has 0 aromatic heterocycles. The number of hydrogen-bond acceptors (Lipinski definition) is 7. The average Bonchev–Trinajstić information content (AvgIpc) is 3.78. The van der Waals surface area contributed by atoms with Crippen molar-refractivity contribution in [2.45, 2.75) is 89.1 Å². The molecule has 0 bridgehead atoms. The Balaban J connectivity index is 1.33. The van der Waals surface area contributed by atoms with Gasteiger partial charge in [-0.05, 0) is 63.1 Å². The number of rotatable bonds is 5. The second-order valence-corrected chi connectivity index (χ2v) is 14.0. The topological polar surface area (TPSA) is 155 Å². The van der Waals surface area contributed by atoms with E-state index >= 15 is 0 Å². The fourth-order valence-corrected chi connectivity index (χ4v) is 6.32. The number of benzene rings is 2. The van der Waals surface area contributed by atoms with Crippen LogP contribution in [0.2, 0.25) is 0 Å². The molecule has 1 saturated carbocycles. The molecule has 12 nitrogen and oxygen atoms in total. The lowest BCUT2D eigenvalue weighted by atomic mass is 10.0. The smallest absolute Gasteiger partial charge is 0.410 e. The monoisotopic (exact) mass is 674 g/mol. The minimum atomic E-state index is -1.49. The summed E-state index contributed by atoms with van der Waals surface area (Å²) in [6, 6.07) is 15.4. The largest absolute Gasteiger partial charge is 0.479 e. The zero-order valence-electron chi connectivity index (χ0n) is 28.4. The molecule has 5 rings (SSSR count). The zero-order valence-corrected chi connectivity index (χ0v) is 28.4. The highest BCUT2D eigenvalue weighted by atomic mass is 16.6. The first kappa shape index (κ1) is 35.4. The molecular formula is C37H46N4O8. The van der Waals surface area contributed by atoms with Crippen LogP contribution >= 0.6 is 0 Å². The van der Waals surface area contributed by atoms with E-state index in [4.69, 9.17) is 9.47 Å². The summed E-state index contributed by atoms with van der Waals surface area (Å²) in [5.74, 6) is -2.73. The average molecular weight is 675 g/mol. The van der Waals surface area contributed by atoms with Crippen LogP contribution < -0.4 is 10.6 Å². The fraction of sp³-hybridized carbons (Fsp3) is 0.486. The van der Waals surface area contributed by atoms with E-state index in [0.717, 1.165) is 36.0 Å². The second-order valence-electron chi connectivity index (χ2n) is 14.0. The number of alkyl carbamates (subject to hydrolysis) is 1. The summed E-state index contributed by atoms with van der Waals surface area (Å²) in [5, 5.41) is 15.5. The van der Waals surface area contributed by atoms with E-state index in [1.165, 1.54) is 9.80 Å². The van der Waals surface area contributed by atoms with Crippen LogP contribution in [0.1, 0.15) is 64.9 Å². The predicted octanol–water partition coefficient (Wildman–Crippen LogP) is 4.88. The minimum Gasteiger partial charge on any atom is -0.479 e. The summed E-state index contributed by atoms with van der Waals surface area (Å²) in [5.41, 5.74) is 0.589. The first-order valence-electron chi connectivity index (χ1n) is 16.9. The third-order valence-corrected chi connectivity index (χ3v) is 9.11. The van der Waals surface area contributed by atoms with Crippen LogP contribution in [0.3, 0.4) is 0 Å². The van der Waals surface area contributed by atoms with Gasteiger partial charge >= 0.3 is 18.2 Å². The molecule has 0 radical (unpaired) electrons. The number of allylic oxidation sites excluding steroid dienone is 1. The molecule has 4 amide bonds. The number of carboxylic acid groups (broad SMARTS) is 1. The van der Waals surface area contributed by atoms with Crippen LogP contribution in [0.15, 0.2) is 66.7 Å². The number of hydrogen-bond donors (Lipinski definition) is 3. The Kier molecular flexibility index (Phi) is 10.9. The Morgan fingerprint density at radius 2 is 1.69 bits per heavy atom. The number of carbonyl (C=O) groups excluding carboxylic acids is 4. The highest BCUT2D eigenvalue weighted by Crippen LogP contribution is 2.45. The van der Waals surface area contributed by atoms with Gasteiger partial charge in [0.1, 0.15) is 29.8 Å². The fourth-order valence-electron chi connectivity index (χ4n) is 6.32. The molecule has 0 spiro atoms. The van der Waals surface area contributed by atoms with Crippen molar-refractivity contribution in [1.82, 2.24) is 20.4 Å². The van der Waals surface area contributed by atoms with Crippen molar-refractivity contribution in [3.8, 4) is 11.1 Å². The molecule has 49 heavy (non-hydrogen) atoms. The van der Waals surface area contributed by atoms with Crippen LogP contribution in [-0.2, 0) is 30.5 Å². The lowest BCUT2D eigenvalue weighted by Crippen LogP contribution is -2.65. The molecule has 2 heterocycles. The predicted molar refractivity (Wildman–Crippen MR) is 181 cm³/mol. The third-order valence-electron chi connectivity index (χ3n) is 9.11. The van der Waals surface area contributed by atoms with Crippen LogP contribution in [0.5, 0.6) is 0 Å². The Bertz CT molecular complexity index is 1550. The van der Waals surface area contributed by atoms with Crippen molar-refractivity contribution in [2.24, 2.45) is 5.92 Å². The van der Waals surface area contributed by atoms with Gasteiger partial charge in [-0.1, -0.05) is 79.6 Å². The number of aliphatic carboxylic acids is 1. The Morgan fingerprint density at radius 1 is 0.980 bits per heavy atom. The van der Waals surface area contributed by atoms with Crippen LogP contribution in [-0.4, -0.2) is 87.7 Å². The molecule has 2 aromatic carbocycles. The maximum Gasteiger partial charge on any atom is 0.410 e. The Morgan fingerprint density at radius 3 is 2.39 bits per heavy atom. The van der Waals surface area contributed by atoms with E-state index in [0.29, 0.717) is 12.8 Å². The molecule has 1 aliphatic carbocycles. The zero-order chi connectivity index (χ0) is 35.2. The maximum atomic E-state index is 14.1. The van der Waals surface area contributed by atoms with Crippen LogP contribution in [0.25, 0.3) is 11.1 Å². The van der Waals surface area contributed by atoms with Crippen molar-refractivity contribution in [3.63, 3.8) is 0 Å². The number of nitrogens with zero attached hydrogens (tertiary/aromatic N) is 2. The van der Waals surface area contributed by atoms with Gasteiger partial charge in [0.2, 0.25) is 11.8 Å². The lowest BCUT2D eigenvalue weighted by Gasteiger charge is -2.41. The molecule has 1 unspecified atom stereocenters. The molecular weight excluding hydrogens is 628 g/mol. The van der Waals surface area contributed by atoms with E-state index in [9.17, 15) is 29.1 Å². The van der Waals surface area contributed by atoms with Crippen molar-refractivity contribution in [3.05, 3.63) is 72.3 Å². The highest BCUT2D eigenvalue weighted by Gasteiger charge is 2.61. The summed E-state index contributed by atoms with van der Waals surface area (Å²) >= 11 is 0. The summed E-state index contributed by atoms with van der Waals surface area (Å²) in [4.78, 5) is 69.2. The van der Waals surface area contributed by atoms with E-state index in [1.54, 1.807) is 20.8 Å². The van der Waals surface area contributed by atoms with Gasteiger partial charge in [0, 0.05) is 19.0 Å². The van der Waals surface area contributed by atoms with Gasteiger partial charge in [0.05, 0.1) is 6.54 Å². The molecule has 262 valence electrons. The number of nitrogens with one attached hydrogen (secondary N) is 2. The van der Waals surface area contributed by atoms with Gasteiger partial charge in [-0.2, -0.15) is 0 Å². The van der Waals surface area contributed by atoms with E-state index < -0.39 is 53.2 Å². The quantitative estimate of drug-likeness (QED) is 0.380. The van der Waals surface area contributed by atoms with E-state index in [2.05, 4.69) is 10.6 Å². The molecule has 2 aromatic rings. The third kappa shape index (κ3) is 8.98. The normalized spacial score (nSPS) is 25.3. The van der Waals surface area contributed by atoms with Crippen molar-refractivity contribution < 1.29 is 38.6 Å². The number of piperazine rings is 1. The Hall–Kier alpha value is -4.87. The first-order chi connectivity index (χ1) is 23.4. The van der Waals surface area contributed by atoms with Gasteiger partial charge < -0.3 is 35.0 Å². The summed E-state index contributed by atoms with van der Waals surface area (Å²) in [7, 11) is 0. The molecule has 1 saturated heterocycles. The minimum absolute atomic E-state index is 0.00192. The van der Waals surface area contributed by atoms with Gasteiger partial charge in [-0.15, -0.1) is 0 Å². The highest BCUT2D eigenvalue weighted by molar-refractivity contribution is 5.96. The number of fused-ring (bicyclic) bond motifs is 2. The molecule has 3 aliphatic rings. The summed E-state index contributed by atoms with van der Waals surface area (Å²) in [6.45, 7) is 5.02. The first-order valence-corrected chi connectivity index (χ1v) is 16.9. The number of amides is 4. The number of ether oxygens (including phenoxy) is 2. The molecule has 2 aliphatic heterocycles. The van der Waals surface area contributed by atoms with E-state index in [1.807, 2.05) is 66.7 Å². The molecule has 3 N–H and O–H groups in total. The number of carboxylic acids is 1. The van der Waals surface area contributed by atoms with Crippen molar-refractivity contribution in [2.75, 3.05) is 19.6 Å². The molecule has 4 atom stereocenters. The number of carbonyl (C=O) groups is 5. The second kappa shape index (κ2) is 15.1. The summed E-state index contributed by atoms with van der Waals surface area (Å²) in [6.07, 6.45) is 5.87.